The Morgan fingerprint density at radius 2 is 1.93 bits per heavy atom. The lowest BCUT2D eigenvalue weighted by atomic mass is 10.0. The second kappa shape index (κ2) is 5.28. The van der Waals surface area contributed by atoms with Crippen LogP contribution >= 0.6 is 0 Å². The zero-order valence-corrected chi connectivity index (χ0v) is 9.78. The van der Waals surface area contributed by atoms with Crippen molar-refractivity contribution in [3.8, 4) is 0 Å². The largest absolute Gasteiger partial charge is 0.393 e. The zero-order chi connectivity index (χ0) is 10.7. The number of hydrogen-bond donors (Lipinski definition) is 2. The molecule has 2 rings (SSSR count). The number of nitrogens with zero attached hydrogens (tertiary/aromatic N) is 1. The molecule has 1 saturated heterocycles. The highest BCUT2D eigenvalue weighted by molar-refractivity contribution is 4.85. The van der Waals surface area contributed by atoms with Gasteiger partial charge in [-0.2, -0.15) is 0 Å². The Labute approximate surface area is 92.8 Å². The van der Waals surface area contributed by atoms with E-state index in [0.717, 1.165) is 37.9 Å². The van der Waals surface area contributed by atoms with Crippen LogP contribution < -0.4 is 5.32 Å². The van der Waals surface area contributed by atoms with Gasteiger partial charge in [0.25, 0.3) is 0 Å². The minimum absolute atomic E-state index is 0.0371. The van der Waals surface area contributed by atoms with E-state index in [9.17, 15) is 5.11 Å². The normalized spacial score (nSPS) is 34.8. The monoisotopic (exact) mass is 212 g/mol. The van der Waals surface area contributed by atoms with Crippen LogP contribution in [0.1, 0.15) is 32.1 Å². The lowest BCUT2D eigenvalue weighted by Crippen LogP contribution is -2.42. The first-order valence-electron chi connectivity index (χ1n) is 6.37. The van der Waals surface area contributed by atoms with Gasteiger partial charge in [-0.15, -0.1) is 0 Å². The smallest absolute Gasteiger partial charge is 0.0564 e. The van der Waals surface area contributed by atoms with Crippen LogP contribution in [0.15, 0.2) is 0 Å². The maximum absolute atomic E-state index is 9.45. The molecule has 0 aromatic heterocycles. The summed E-state index contributed by atoms with van der Waals surface area (Å²) in [7, 11) is 2.09. The topological polar surface area (TPSA) is 35.5 Å². The van der Waals surface area contributed by atoms with Crippen LogP contribution in [0.3, 0.4) is 0 Å². The summed E-state index contributed by atoms with van der Waals surface area (Å²) in [6.07, 6.45) is 6.01. The molecule has 88 valence electrons. The molecule has 2 N–H and O–H groups in total. The summed E-state index contributed by atoms with van der Waals surface area (Å²) in [5, 5.41) is 12.9. The number of hydrogen-bond acceptors (Lipinski definition) is 3. The van der Waals surface area contributed by atoms with Crippen LogP contribution in [-0.2, 0) is 0 Å². The van der Waals surface area contributed by atoms with Crippen molar-refractivity contribution in [1.82, 2.24) is 10.2 Å². The van der Waals surface area contributed by atoms with E-state index in [1.165, 1.54) is 25.8 Å². The molecular formula is C12H24N2O. The number of nitrogens with one attached hydrogen (secondary N) is 1. The van der Waals surface area contributed by atoms with Crippen molar-refractivity contribution in [3.05, 3.63) is 0 Å². The summed E-state index contributed by atoms with van der Waals surface area (Å²) in [6, 6.07) is 0.733. The van der Waals surface area contributed by atoms with Gasteiger partial charge in [-0.1, -0.05) is 6.42 Å². The summed E-state index contributed by atoms with van der Waals surface area (Å²) in [5.74, 6) is 0.838. The van der Waals surface area contributed by atoms with Gasteiger partial charge in [0.2, 0.25) is 0 Å². The number of likely N-dealkylation sites (tertiary alicyclic amines) is 1. The summed E-state index contributed by atoms with van der Waals surface area (Å²) >= 11 is 0. The van der Waals surface area contributed by atoms with Crippen LogP contribution in [0.2, 0.25) is 0 Å². The van der Waals surface area contributed by atoms with Crippen molar-refractivity contribution in [2.75, 3.05) is 26.7 Å². The van der Waals surface area contributed by atoms with Crippen LogP contribution in [0.5, 0.6) is 0 Å². The molecule has 0 radical (unpaired) electrons. The molecule has 1 heterocycles. The maximum atomic E-state index is 9.45. The Balaban J connectivity index is 1.76. The Hall–Kier alpha value is -0.120. The van der Waals surface area contributed by atoms with E-state index in [1.54, 1.807) is 0 Å². The van der Waals surface area contributed by atoms with Gasteiger partial charge < -0.3 is 15.3 Å². The zero-order valence-electron chi connectivity index (χ0n) is 9.78. The fourth-order valence-electron chi connectivity index (χ4n) is 3.07. The SMILES string of the molecule is CNC1CCCC1CN1CCC(O)CC1. The molecule has 15 heavy (non-hydrogen) atoms. The molecule has 0 aromatic carbocycles. The van der Waals surface area contributed by atoms with Gasteiger partial charge in [-0.3, -0.25) is 0 Å². The van der Waals surface area contributed by atoms with Gasteiger partial charge in [0.05, 0.1) is 6.10 Å². The fourth-order valence-corrected chi connectivity index (χ4v) is 3.07. The van der Waals surface area contributed by atoms with Crippen molar-refractivity contribution < 1.29 is 5.11 Å². The lowest BCUT2D eigenvalue weighted by Gasteiger charge is -2.33. The van der Waals surface area contributed by atoms with Crippen molar-refractivity contribution in [2.45, 2.75) is 44.2 Å². The molecule has 1 aliphatic heterocycles. The third-order valence-electron chi connectivity index (χ3n) is 4.08. The first-order chi connectivity index (χ1) is 7.29. The molecule has 2 unspecified atom stereocenters. The summed E-state index contributed by atoms with van der Waals surface area (Å²) < 4.78 is 0. The third-order valence-corrected chi connectivity index (χ3v) is 4.08. The Morgan fingerprint density at radius 3 is 2.60 bits per heavy atom. The molecule has 2 aliphatic rings. The van der Waals surface area contributed by atoms with Crippen LogP contribution in [-0.4, -0.2) is 48.8 Å². The molecule has 1 saturated carbocycles. The predicted octanol–water partition coefficient (Wildman–Crippen LogP) is 0.831. The Kier molecular flexibility index (Phi) is 4.00. The molecule has 2 atom stereocenters. The average Bonchev–Trinajstić information content (AvgIpc) is 2.69. The summed E-state index contributed by atoms with van der Waals surface area (Å²) in [5.41, 5.74) is 0. The molecule has 2 fully saturated rings. The number of rotatable bonds is 3. The van der Waals surface area contributed by atoms with Crippen molar-refractivity contribution in [1.29, 1.82) is 0 Å². The van der Waals surface area contributed by atoms with Gasteiger partial charge in [-0.05, 0) is 38.6 Å². The Morgan fingerprint density at radius 1 is 1.20 bits per heavy atom. The van der Waals surface area contributed by atoms with E-state index in [2.05, 4.69) is 17.3 Å². The van der Waals surface area contributed by atoms with Gasteiger partial charge >= 0.3 is 0 Å². The summed E-state index contributed by atoms with van der Waals surface area (Å²) in [4.78, 5) is 2.53. The fraction of sp³-hybridized carbons (Fsp3) is 1.00. The molecular weight excluding hydrogens is 188 g/mol. The van der Waals surface area contributed by atoms with Crippen LogP contribution in [0, 0.1) is 5.92 Å². The minimum Gasteiger partial charge on any atom is -0.393 e. The van der Waals surface area contributed by atoms with Crippen LogP contribution in [0.4, 0.5) is 0 Å². The second-order valence-corrected chi connectivity index (χ2v) is 5.12. The predicted molar refractivity (Wildman–Crippen MR) is 61.9 cm³/mol. The van der Waals surface area contributed by atoms with Gasteiger partial charge in [0.15, 0.2) is 0 Å². The maximum Gasteiger partial charge on any atom is 0.0564 e. The first-order valence-corrected chi connectivity index (χ1v) is 6.37. The Bertz CT molecular complexity index is 190. The van der Waals surface area contributed by atoms with E-state index in [4.69, 9.17) is 0 Å². The molecule has 0 spiro atoms. The average molecular weight is 212 g/mol. The summed E-state index contributed by atoms with van der Waals surface area (Å²) in [6.45, 7) is 3.42. The third kappa shape index (κ3) is 2.92. The van der Waals surface area contributed by atoms with E-state index >= 15 is 0 Å². The highest BCUT2D eigenvalue weighted by Gasteiger charge is 2.28. The van der Waals surface area contributed by atoms with E-state index < -0.39 is 0 Å². The van der Waals surface area contributed by atoms with Gasteiger partial charge in [-0.25, -0.2) is 0 Å². The van der Waals surface area contributed by atoms with Gasteiger partial charge in [0, 0.05) is 25.7 Å². The van der Waals surface area contributed by atoms with Crippen molar-refractivity contribution >= 4 is 0 Å². The van der Waals surface area contributed by atoms with Crippen molar-refractivity contribution in [2.24, 2.45) is 5.92 Å². The molecule has 0 bridgehead atoms. The quantitative estimate of drug-likeness (QED) is 0.727. The lowest BCUT2D eigenvalue weighted by molar-refractivity contribution is 0.0731. The van der Waals surface area contributed by atoms with Crippen molar-refractivity contribution in [3.63, 3.8) is 0 Å². The number of aliphatic hydroxyl groups excluding tert-OH is 1. The van der Waals surface area contributed by atoms with E-state index in [0.29, 0.717) is 0 Å². The van der Waals surface area contributed by atoms with E-state index in [1.807, 2.05) is 0 Å². The second-order valence-electron chi connectivity index (χ2n) is 5.12. The molecule has 3 heteroatoms. The highest BCUT2D eigenvalue weighted by atomic mass is 16.3. The number of aliphatic hydroxyl groups is 1. The van der Waals surface area contributed by atoms with Gasteiger partial charge in [0.1, 0.15) is 0 Å². The molecule has 0 aromatic rings. The standard InChI is InChI=1S/C12H24N2O/c1-13-12-4-2-3-10(12)9-14-7-5-11(15)6-8-14/h10-13,15H,2-9H2,1H3. The minimum atomic E-state index is -0.0371. The molecule has 3 nitrogen and oxygen atoms in total. The molecule has 1 aliphatic carbocycles. The molecule has 0 amide bonds. The van der Waals surface area contributed by atoms with Crippen LogP contribution in [0.25, 0.3) is 0 Å². The number of piperidine rings is 1. The highest BCUT2D eigenvalue weighted by Crippen LogP contribution is 2.27. The van der Waals surface area contributed by atoms with E-state index in [-0.39, 0.29) is 6.10 Å². The first kappa shape index (κ1) is 11.4.